The molecule has 4 nitrogen and oxygen atoms in total. The van der Waals surface area contributed by atoms with Gasteiger partial charge in [0.1, 0.15) is 0 Å². The Morgan fingerprint density at radius 2 is 0.952 bits per heavy atom. The summed E-state index contributed by atoms with van der Waals surface area (Å²) in [5.41, 5.74) is 10.9. The Bertz CT molecular complexity index is 2190. The largest absolute Gasteiger partial charge is 0.264 e. The number of pyridine rings is 4. The van der Waals surface area contributed by atoms with E-state index in [0.717, 1.165) is 66.3 Å². The minimum atomic E-state index is 0.930. The molecule has 4 heterocycles. The molecule has 0 saturated heterocycles. The summed E-state index contributed by atoms with van der Waals surface area (Å²) >= 11 is 0. The molecular formula is C38H24N4. The van der Waals surface area contributed by atoms with Crippen molar-refractivity contribution < 1.29 is 0 Å². The maximum Gasteiger partial charge on any atom is 0.0970 e. The number of fused-ring (bicyclic) bond motifs is 4. The van der Waals surface area contributed by atoms with E-state index in [9.17, 15) is 0 Å². The van der Waals surface area contributed by atoms with Crippen molar-refractivity contribution in [2.75, 3.05) is 0 Å². The molecule has 42 heavy (non-hydrogen) atoms. The van der Waals surface area contributed by atoms with Gasteiger partial charge in [0.25, 0.3) is 0 Å². The Morgan fingerprint density at radius 3 is 1.64 bits per heavy atom. The van der Waals surface area contributed by atoms with Crippen molar-refractivity contribution in [1.29, 1.82) is 0 Å². The monoisotopic (exact) mass is 536 g/mol. The third kappa shape index (κ3) is 4.27. The van der Waals surface area contributed by atoms with Gasteiger partial charge >= 0.3 is 0 Å². The molecule has 0 aliphatic carbocycles. The molecule has 0 radical (unpaired) electrons. The molecule has 0 bridgehead atoms. The van der Waals surface area contributed by atoms with Crippen LogP contribution in [-0.2, 0) is 0 Å². The van der Waals surface area contributed by atoms with Crippen LogP contribution in [0.15, 0.2) is 146 Å². The molecule has 4 aromatic heterocycles. The third-order valence-electron chi connectivity index (χ3n) is 7.89. The van der Waals surface area contributed by atoms with E-state index < -0.39 is 0 Å². The Morgan fingerprint density at radius 1 is 0.357 bits per heavy atom. The van der Waals surface area contributed by atoms with E-state index in [-0.39, 0.29) is 0 Å². The fourth-order valence-corrected chi connectivity index (χ4v) is 5.79. The van der Waals surface area contributed by atoms with Crippen LogP contribution in [0.2, 0.25) is 0 Å². The van der Waals surface area contributed by atoms with Gasteiger partial charge in [0, 0.05) is 59.1 Å². The Labute approximate surface area is 243 Å². The average Bonchev–Trinajstić information content (AvgIpc) is 3.08. The van der Waals surface area contributed by atoms with Crippen LogP contribution in [0.4, 0.5) is 0 Å². The summed E-state index contributed by atoms with van der Waals surface area (Å²) in [7, 11) is 0. The highest BCUT2D eigenvalue weighted by molar-refractivity contribution is 6.08. The number of hydrogen-bond donors (Lipinski definition) is 0. The minimum absolute atomic E-state index is 0.930. The van der Waals surface area contributed by atoms with E-state index in [2.05, 4.69) is 106 Å². The zero-order valence-electron chi connectivity index (χ0n) is 22.6. The molecule has 0 atom stereocenters. The van der Waals surface area contributed by atoms with Crippen molar-refractivity contribution in [3.8, 4) is 44.5 Å². The van der Waals surface area contributed by atoms with E-state index in [1.54, 1.807) is 12.4 Å². The van der Waals surface area contributed by atoms with Crippen molar-refractivity contribution in [2.24, 2.45) is 0 Å². The topological polar surface area (TPSA) is 51.6 Å². The predicted octanol–water partition coefficient (Wildman–Crippen LogP) is 9.39. The number of aromatic nitrogens is 4. The SMILES string of the molecule is c1cncc(-c2cc(-c3cccnc3)cc(-c3ccc4cc(-c5ccnc6c5ccc5cccnc56)ccc4c3)c2)c1. The van der Waals surface area contributed by atoms with Crippen LogP contribution in [0, 0.1) is 0 Å². The summed E-state index contributed by atoms with van der Waals surface area (Å²) in [4.78, 5) is 18.0. The standard InChI is InChI=1S/C38H24N4/c1-5-30(23-39-14-1)33-20-32(21-34(22-33)31-6-2-15-40-24-31)28-8-7-27-19-29(10-9-26(27)18-28)35-13-17-42-38-36(35)12-11-25-4-3-16-41-37(25)38/h1-24H. The van der Waals surface area contributed by atoms with Crippen molar-refractivity contribution in [3.63, 3.8) is 0 Å². The Balaban J connectivity index is 1.23. The first-order valence-corrected chi connectivity index (χ1v) is 13.9. The summed E-state index contributed by atoms with van der Waals surface area (Å²) in [6.07, 6.45) is 11.1. The average molecular weight is 537 g/mol. The van der Waals surface area contributed by atoms with Crippen LogP contribution in [-0.4, -0.2) is 19.9 Å². The smallest absolute Gasteiger partial charge is 0.0970 e. The number of benzene rings is 4. The lowest BCUT2D eigenvalue weighted by Gasteiger charge is -2.12. The molecule has 0 spiro atoms. The molecular weight excluding hydrogens is 512 g/mol. The molecule has 4 heteroatoms. The summed E-state index contributed by atoms with van der Waals surface area (Å²) in [5, 5.41) is 4.59. The van der Waals surface area contributed by atoms with Gasteiger partial charge in [-0.05, 0) is 98.8 Å². The van der Waals surface area contributed by atoms with Gasteiger partial charge < -0.3 is 0 Å². The van der Waals surface area contributed by atoms with E-state index in [1.807, 2.05) is 43.0 Å². The first-order chi connectivity index (χ1) is 20.8. The summed E-state index contributed by atoms with van der Waals surface area (Å²) in [5.74, 6) is 0. The van der Waals surface area contributed by atoms with Gasteiger partial charge in [-0.15, -0.1) is 0 Å². The highest BCUT2D eigenvalue weighted by Crippen LogP contribution is 2.36. The van der Waals surface area contributed by atoms with Crippen molar-refractivity contribution in [1.82, 2.24) is 19.9 Å². The van der Waals surface area contributed by atoms with Crippen LogP contribution < -0.4 is 0 Å². The van der Waals surface area contributed by atoms with Crippen molar-refractivity contribution in [3.05, 3.63) is 146 Å². The van der Waals surface area contributed by atoms with Gasteiger partial charge in [-0.2, -0.15) is 0 Å². The van der Waals surface area contributed by atoms with Gasteiger partial charge in [0.05, 0.1) is 11.0 Å². The van der Waals surface area contributed by atoms with Gasteiger partial charge in [0.15, 0.2) is 0 Å². The molecule has 0 saturated carbocycles. The van der Waals surface area contributed by atoms with E-state index in [1.165, 1.54) is 10.8 Å². The maximum absolute atomic E-state index is 4.69. The number of nitrogens with zero attached hydrogens (tertiary/aromatic N) is 4. The lowest BCUT2D eigenvalue weighted by Crippen LogP contribution is -1.89. The van der Waals surface area contributed by atoms with Crippen LogP contribution in [0.1, 0.15) is 0 Å². The number of rotatable bonds is 4. The third-order valence-corrected chi connectivity index (χ3v) is 7.89. The van der Waals surface area contributed by atoms with Crippen LogP contribution in [0.25, 0.3) is 77.1 Å². The van der Waals surface area contributed by atoms with Crippen LogP contribution in [0.3, 0.4) is 0 Å². The highest BCUT2D eigenvalue weighted by Gasteiger charge is 2.11. The summed E-state index contributed by atoms with van der Waals surface area (Å²) in [6.45, 7) is 0. The molecule has 4 aromatic carbocycles. The zero-order chi connectivity index (χ0) is 27.9. The van der Waals surface area contributed by atoms with Crippen molar-refractivity contribution >= 4 is 32.6 Å². The second kappa shape index (κ2) is 10.0. The summed E-state index contributed by atoms with van der Waals surface area (Å²) in [6, 6.07) is 38.7. The van der Waals surface area contributed by atoms with Crippen molar-refractivity contribution in [2.45, 2.75) is 0 Å². The molecule has 0 amide bonds. The molecule has 0 aliphatic heterocycles. The first kappa shape index (κ1) is 24.1. The lowest BCUT2D eigenvalue weighted by atomic mass is 9.92. The second-order valence-electron chi connectivity index (χ2n) is 10.5. The van der Waals surface area contributed by atoms with Gasteiger partial charge in [-0.3, -0.25) is 19.9 Å². The number of hydrogen-bond acceptors (Lipinski definition) is 4. The fourth-order valence-electron chi connectivity index (χ4n) is 5.79. The van der Waals surface area contributed by atoms with Gasteiger partial charge in [0.2, 0.25) is 0 Å². The van der Waals surface area contributed by atoms with E-state index in [4.69, 9.17) is 4.98 Å². The molecule has 0 aliphatic rings. The van der Waals surface area contributed by atoms with Gasteiger partial charge in [-0.25, -0.2) is 0 Å². The quantitative estimate of drug-likeness (QED) is 0.210. The second-order valence-corrected chi connectivity index (χ2v) is 10.5. The Kier molecular flexibility index (Phi) is 5.75. The minimum Gasteiger partial charge on any atom is -0.264 e. The molecule has 8 aromatic rings. The molecule has 196 valence electrons. The molecule has 8 rings (SSSR count). The fraction of sp³-hybridized carbons (Fsp3) is 0. The van der Waals surface area contributed by atoms with Gasteiger partial charge in [-0.1, -0.05) is 54.6 Å². The molecule has 0 unspecified atom stereocenters. The Hall–Kier alpha value is -5.74. The highest BCUT2D eigenvalue weighted by atomic mass is 14.7. The maximum atomic E-state index is 4.69. The van der Waals surface area contributed by atoms with Crippen LogP contribution in [0.5, 0.6) is 0 Å². The summed E-state index contributed by atoms with van der Waals surface area (Å²) < 4.78 is 0. The van der Waals surface area contributed by atoms with E-state index in [0.29, 0.717) is 0 Å². The lowest BCUT2D eigenvalue weighted by molar-refractivity contribution is 1.32. The first-order valence-electron chi connectivity index (χ1n) is 13.9. The molecule has 0 fully saturated rings. The zero-order valence-corrected chi connectivity index (χ0v) is 22.6. The van der Waals surface area contributed by atoms with E-state index >= 15 is 0 Å². The van der Waals surface area contributed by atoms with Crippen LogP contribution >= 0.6 is 0 Å². The predicted molar refractivity (Wildman–Crippen MR) is 172 cm³/mol. The molecule has 0 N–H and O–H groups in total. The normalized spacial score (nSPS) is 11.3.